The van der Waals surface area contributed by atoms with E-state index in [9.17, 15) is 0 Å². The minimum atomic E-state index is 0.591. The smallest absolute Gasteiger partial charge is 0.161 e. The summed E-state index contributed by atoms with van der Waals surface area (Å²) in [6, 6.07) is 22.8. The Morgan fingerprint density at radius 3 is 2.41 bits per heavy atom. The summed E-state index contributed by atoms with van der Waals surface area (Å²) in [4.78, 5) is 0. The number of halogens is 1. The zero-order valence-electron chi connectivity index (χ0n) is 18.4. The summed E-state index contributed by atoms with van der Waals surface area (Å²) in [5.41, 5.74) is 8.99. The van der Waals surface area contributed by atoms with Gasteiger partial charge in [0, 0.05) is 33.2 Å². The molecule has 0 aliphatic heterocycles. The molecule has 3 aromatic carbocycles. The van der Waals surface area contributed by atoms with Crippen LogP contribution in [0.25, 0.3) is 10.9 Å². The predicted octanol–water partition coefficient (Wildman–Crippen LogP) is 5.90. The molecule has 0 spiro atoms. The van der Waals surface area contributed by atoms with Crippen LogP contribution in [0.1, 0.15) is 22.4 Å². The van der Waals surface area contributed by atoms with E-state index in [0.717, 1.165) is 22.1 Å². The van der Waals surface area contributed by atoms with Gasteiger partial charge in [-0.25, -0.2) is 0 Å². The van der Waals surface area contributed by atoms with Gasteiger partial charge in [-0.15, -0.1) is 0 Å². The molecule has 0 unspecified atom stereocenters. The molecule has 1 N–H and O–H groups in total. The number of fused-ring (bicyclic) bond motifs is 1. The molecule has 0 saturated carbocycles. The normalized spacial score (nSPS) is 11.2. The maximum absolute atomic E-state index is 5.38. The van der Waals surface area contributed by atoms with Gasteiger partial charge in [0.1, 0.15) is 0 Å². The van der Waals surface area contributed by atoms with E-state index < -0.39 is 0 Å². The third-order valence-corrected chi connectivity index (χ3v) is 6.08. The van der Waals surface area contributed by atoms with E-state index in [1.165, 1.54) is 22.2 Å². The third kappa shape index (κ3) is 4.65. The van der Waals surface area contributed by atoms with E-state index in [0.29, 0.717) is 18.0 Å². The van der Waals surface area contributed by atoms with Crippen molar-refractivity contribution in [3.63, 3.8) is 0 Å². The van der Waals surface area contributed by atoms with Crippen molar-refractivity contribution in [1.82, 2.24) is 9.99 Å². The Balaban J connectivity index is 1.55. The minimum Gasteiger partial charge on any atom is -0.493 e. The van der Waals surface area contributed by atoms with E-state index >= 15 is 0 Å². The van der Waals surface area contributed by atoms with Crippen LogP contribution in [0.2, 0.25) is 0 Å². The van der Waals surface area contributed by atoms with Crippen LogP contribution in [0.3, 0.4) is 0 Å². The molecule has 4 aromatic rings. The van der Waals surface area contributed by atoms with Crippen molar-refractivity contribution in [3.05, 3.63) is 93.6 Å². The molecule has 0 aliphatic carbocycles. The molecule has 1 aromatic heterocycles. The predicted molar refractivity (Wildman–Crippen MR) is 134 cm³/mol. The number of nitrogens with one attached hydrogen (secondary N) is 1. The fourth-order valence-corrected chi connectivity index (χ4v) is 4.10. The van der Waals surface area contributed by atoms with E-state index in [2.05, 4.69) is 86.5 Å². The molecule has 5 nitrogen and oxygen atoms in total. The molecule has 0 fully saturated rings. The lowest BCUT2D eigenvalue weighted by atomic mass is 10.1. The number of rotatable bonds is 8. The van der Waals surface area contributed by atoms with Crippen molar-refractivity contribution < 1.29 is 9.47 Å². The maximum atomic E-state index is 5.38. The standard InChI is InChI=1S/C26H26BrN3O2/c1-18-23(16-29-28-15-20-10-13-25(31-2)26(14-20)32-3)22-6-4-5-7-24(22)30(18)17-19-8-11-21(27)12-9-19/h4-14,16,28H,15,17H2,1-3H3/b29-16-. The van der Waals surface area contributed by atoms with Crippen LogP contribution >= 0.6 is 15.9 Å². The first-order chi connectivity index (χ1) is 15.6. The lowest BCUT2D eigenvalue weighted by molar-refractivity contribution is 0.354. The monoisotopic (exact) mass is 491 g/mol. The quantitative estimate of drug-likeness (QED) is 0.246. The first-order valence-corrected chi connectivity index (χ1v) is 11.2. The highest BCUT2D eigenvalue weighted by molar-refractivity contribution is 9.10. The second-order valence-corrected chi connectivity index (χ2v) is 8.43. The molecule has 1 heterocycles. The van der Waals surface area contributed by atoms with Crippen molar-refractivity contribution in [2.45, 2.75) is 20.0 Å². The SMILES string of the molecule is COc1ccc(CN/N=C\c2c(C)n(Cc3ccc(Br)cc3)c3ccccc23)cc1OC. The van der Waals surface area contributed by atoms with Crippen LogP contribution in [-0.4, -0.2) is 25.0 Å². The van der Waals surface area contributed by atoms with Gasteiger partial charge in [0.25, 0.3) is 0 Å². The fourth-order valence-electron chi connectivity index (χ4n) is 3.83. The summed E-state index contributed by atoms with van der Waals surface area (Å²) in [6.45, 7) is 3.55. The summed E-state index contributed by atoms with van der Waals surface area (Å²) >= 11 is 3.51. The Morgan fingerprint density at radius 2 is 1.66 bits per heavy atom. The highest BCUT2D eigenvalue weighted by Crippen LogP contribution is 2.28. The molecule has 0 radical (unpaired) electrons. The maximum Gasteiger partial charge on any atom is 0.161 e. The minimum absolute atomic E-state index is 0.591. The van der Waals surface area contributed by atoms with Gasteiger partial charge in [0.05, 0.1) is 27.0 Å². The molecule has 6 heteroatoms. The number of hydrogen-bond donors (Lipinski definition) is 1. The first kappa shape index (κ1) is 22.0. The number of hydrogen-bond acceptors (Lipinski definition) is 4. The molecular formula is C26H26BrN3O2. The van der Waals surface area contributed by atoms with E-state index in [-0.39, 0.29) is 0 Å². The molecular weight excluding hydrogens is 466 g/mol. The van der Waals surface area contributed by atoms with Crippen LogP contribution in [0.15, 0.2) is 76.3 Å². The average molecular weight is 492 g/mol. The summed E-state index contributed by atoms with van der Waals surface area (Å²) in [6.07, 6.45) is 1.91. The molecule has 0 aliphatic rings. The number of nitrogens with zero attached hydrogens (tertiary/aromatic N) is 2. The van der Waals surface area contributed by atoms with Gasteiger partial charge in [-0.05, 0) is 48.4 Å². The van der Waals surface area contributed by atoms with Crippen molar-refractivity contribution >= 4 is 33.0 Å². The highest BCUT2D eigenvalue weighted by Gasteiger charge is 2.12. The topological polar surface area (TPSA) is 47.8 Å². The Kier molecular flexibility index (Phi) is 6.81. The Hall–Kier alpha value is -3.25. The van der Waals surface area contributed by atoms with Crippen molar-refractivity contribution in [1.29, 1.82) is 0 Å². The largest absolute Gasteiger partial charge is 0.493 e. The second kappa shape index (κ2) is 9.92. The van der Waals surface area contributed by atoms with Crippen LogP contribution in [0, 0.1) is 6.92 Å². The Labute approximate surface area is 196 Å². The summed E-state index contributed by atoms with van der Waals surface area (Å²) in [5, 5.41) is 5.70. The number of hydrazone groups is 1. The van der Waals surface area contributed by atoms with Gasteiger partial charge in [0.2, 0.25) is 0 Å². The van der Waals surface area contributed by atoms with Crippen molar-refractivity contribution in [3.8, 4) is 11.5 Å². The average Bonchev–Trinajstić information content (AvgIpc) is 3.08. The van der Waals surface area contributed by atoms with Gasteiger partial charge in [-0.1, -0.05) is 52.3 Å². The Morgan fingerprint density at radius 1 is 0.938 bits per heavy atom. The Bertz CT molecular complexity index is 1250. The van der Waals surface area contributed by atoms with Crippen LogP contribution in [0.5, 0.6) is 11.5 Å². The molecule has 32 heavy (non-hydrogen) atoms. The van der Waals surface area contributed by atoms with E-state index in [4.69, 9.17) is 9.47 Å². The van der Waals surface area contributed by atoms with Crippen molar-refractivity contribution in [2.24, 2.45) is 5.10 Å². The van der Waals surface area contributed by atoms with Gasteiger partial charge in [-0.2, -0.15) is 5.10 Å². The van der Waals surface area contributed by atoms with Gasteiger partial charge < -0.3 is 19.5 Å². The molecule has 0 saturated heterocycles. The summed E-state index contributed by atoms with van der Waals surface area (Å²) < 4.78 is 14.1. The number of para-hydroxylation sites is 1. The number of methoxy groups -OCH3 is 2. The second-order valence-electron chi connectivity index (χ2n) is 7.51. The molecule has 0 amide bonds. The molecule has 164 valence electrons. The first-order valence-electron chi connectivity index (χ1n) is 10.4. The zero-order valence-corrected chi connectivity index (χ0v) is 20.0. The van der Waals surface area contributed by atoms with E-state index in [1.807, 2.05) is 24.4 Å². The van der Waals surface area contributed by atoms with Gasteiger partial charge in [0.15, 0.2) is 11.5 Å². The van der Waals surface area contributed by atoms with Crippen LogP contribution in [0.4, 0.5) is 0 Å². The lowest BCUT2D eigenvalue weighted by Crippen LogP contribution is -2.06. The van der Waals surface area contributed by atoms with Crippen LogP contribution < -0.4 is 14.9 Å². The number of benzene rings is 3. The molecule has 0 atom stereocenters. The number of aromatic nitrogens is 1. The highest BCUT2D eigenvalue weighted by atomic mass is 79.9. The van der Waals surface area contributed by atoms with Crippen molar-refractivity contribution in [2.75, 3.05) is 14.2 Å². The lowest BCUT2D eigenvalue weighted by Gasteiger charge is -2.09. The molecule has 4 rings (SSSR count). The van der Waals surface area contributed by atoms with Gasteiger partial charge in [-0.3, -0.25) is 0 Å². The van der Waals surface area contributed by atoms with Crippen LogP contribution in [-0.2, 0) is 13.1 Å². The fraction of sp³-hybridized carbons (Fsp3) is 0.192. The summed E-state index contributed by atoms with van der Waals surface area (Å²) in [5.74, 6) is 1.43. The number of ether oxygens (including phenoxy) is 2. The van der Waals surface area contributed by atoms with Gasteiger partial charge >= 0.3 is 0 Å². The van der Waals surface area contributed by atoms with E-state index in [1.54, 1.807) is 14.2 Å². The molecule has 0 bridgehead atoms. The summed E-state index contributed by atoms with van der Waals surface area (Å²) in [7, 11) is 3.27. The third-order valence-electron chi connectivity index (χ3n) is 5.55. The zero-order chi connectivity index (χ0) is 22.5.